The van der Waals surface area contributed by atoms with E-state index in [1.165, 1.54) is 6.42 Å². The molecule has 3 rings (SSSR count). The Balaban J connectivity index is 1.82. The van der Waals surface area contributed by atoms with Gasteiger partial charge in [-0.1, -0.05) is 25.3 Å². The molecule has 1 aromatic rings. The molecule has 0 N–H and O–H groups in total. The summed E-state index contributed by atoms with van der Waals surface area (Å²) in [7, 11) is 0. The summed E-state index contributed by atoms with van der Waals surface area (Å²) < 4.78 is 11.4. The molecule has 0 spiro atoms. The molecule has 2 amide bonds. The van der Waals surface area contributed by atoms with Crippen molar-refractivity contribution < 1.29 is 19.1 Å². The first-order valence-corrected chi connectivity index (χ1v) is 12.4. The number of hydrogen-bond acceptors (Lipinski definition) is 5. The van der Waals surface area contributed by atoms with Gasteiger partial charge in [-0.25, -0.2) is 14.6 Å². The van der Waals surface area contributed by atoms with Gasteiger partial charge in [0.25, 0.3) is 0 Å². The quantitative estimate of drug-likeness (QED) is 0.508. The van der Waals surface area contributed by atoms with Crippen LogP contribution in [-0.4, -0.2) is 45.9 Å². The van der Waals surface area contributed by atoms with Crippen LogP contribution in [0.5, 0.6) is 0 Å². The molecule has 2 fully saturated rings. The lowest BCUT2D eigenvalue weighted by molar-refractivity contribution is 0.00947. The van der Waals surface area contributed by atoms with Crippen molar-refractivity contribution in [3.05, 3.63) is 23.9 Å². The Kier molecular flexibility index (Phi) is 7.91. The third kappa shape index (κ3) is 7.08. The molecular formula is C26H41N3O4. The number of rotatable bonds is 3. The molecule has 7 heteroatoms. The van der Waals surface area contributed by atoms with Crippen LogP contribution in [0.4, 0.5) is 15.4 Å². The summed E-state index contributed by atoms with van der Waals surface area (Å²) >= 11 is 0. The first kappa shape index (κ1) is 25.3. The summed E-state index contributed by atoms with van der Waals surface area (Å²) in [6.45, 7) is 12.0. The molecule has 1 aromatic heterocycles. The molecule has 2 heterocycles. The predicted octanol–water partition coefficient (Wildman–Crippen LogP) is 6.62. The van der Waals surface area contributed by atoms with Gasteiger partial charge in [-0.15, -0.1) is 0 Å². The third-order valence-electron chi connectivity index (χ3n) is 6.06. The second-order valence-electron chi connectivity index (χ2n) is 11.3. The summed E-state index contributed by atoms with van der Waals surface area (Å²) in [6.07, 6.45) is 9.40. The number of piperidine rings is 1. The molecule has 0 unspecified atom stereocenters. The minimum Gasteiger partial charge on any atom is -0.444 e. The van der Waals surface area contributed by atoms with Crippen LogP contribution < -0.4 is 4.90 Å². The van der Waals surface area contributed by atoms with Gasteiger partial charge < -0.3 is 14.4 Å². The van der Waals surface area contributed by atoms with E-state index in [1.807, 2.05) is 64.8 Å². The zero-order valence-electron chi connectivity index (χ0n) is 21.2. The van der Waals surface area contributed by atoms with Crippen LogP contribution in [0, 0.1) is 0 Å². The van der Waals surface area contributed by atoms with Gasteiger partial charge in [0.15, 0.2) is 0 Å². The molecule has 33 heavy (non-hydrogen) atoms. The highest BCUT2D eigenvalue weighted by atomic mass is 16.6. The number of carbonyl (C=O) groups excluding carboxylic acids is 2. The summed E-state index contributed by atoms with van der Waals surface area (Å²) in [5.74, 6) is 0.611. The fraction of sp³-hybridized carbons (Fsp3) is 0.731. The Hall–Kier alpha value is -2.31. The van der Waals surface area contributed by atoms with Crippen molar-refractivity contribution >= 4 is 18.0 Å². The normalized spacial score (nSPS) is 20.3. The van der Waals surface area contributed by atoms with Crippen LogP contribution in [0.3, 0.4) is 0 Å². The van der Waals surface area contributed by atoms with Crippen LogP contribution in [0.15, 0.2) is 18.3 Å². The fourth-order valence-corrected chi connectivity index (χ4v) is 4.63. The van der Waals surface area contributed by atoms with Crippen LogP contribution >= 0.6 is 0 Å². The molecule has 1 saturated heterocycles. The number of nitrogens with zero attached hydrogens (tertiary/aromatic N) is 3. The highest BCUT2D eigenvalue weighted by Gasteiger charge is 2.34. The van der Waals surface area contributed by atoms with Gasteiger partial charge in [0.1, 0.15) is 17.0 Å². The maximum absolute atomic E-state index is 13.1. The summed E-state index contributed by atoms with van der Waals surface area (Å²) in [5, 5.41) is 0. The number of hydrogen-bond donors (Lipinski definition) is 0. The summed E-state index contributed by atoms with van der Waals surface area (Å²) in [6, 6.07) is 3.92. The molecular weight excluding hydrogens is 418 g/mol. The van der Waals surface area contributed by atoms with E-state index < -0.39 is 11.2 Å². The number of ether oxygens (including phenoxy) is 2. The van der Waals surface area contributed by atoms with Crippen molar-refractivity contribution in [1.82, 2.24) is 9.88 Å². The average molecular weight is 460 g/mol. The van der Waals surface area contributed by atoms with Gasteiger partial charge in [-0.2, -0.15) is 0 Å². The largest absolute Gasteiger partial charge is 0.444 e. The molecule has 1 saturated carbocycles. The lowest BCUT2D eigenvalue weighted by atomic mass is 9.94. The van der Waals surface area contributed by atoms with Gasteiger partial charge >= 0.3 is 12.2 Å². The number of amides is 2. The van der Waals surface area contributed by atoms with Crippen molar-refractivity contribution in [1.29, 1.82) is 0 Å². The number of anilines is 1. The molecule has 0 radical (unpaired) electrons. The van der Waals surface area contributed by atoms with Gasteiger partial charge in [-0.3, -0.25) is 4.90 Å². The van der Waals surface area contributed by atoms with E-state index in [0.29, 0.717) is 12.4 Å². The smallest absolute Gasteiger partial charge is 0.416 e. The molecule has 0 bridgehead atoms. The van der Waals surface area contributed by atoms with E-state index in [2.05, 4.69) is 0 Å². The average Bonchev–Trinajstić information content (AvgIpc) is 2.73. The minimum atomic E-state index is -0.569. The van der Waals surface area contributed by atoms with E-state index in [0.717, 1.165) is 50.5 Å². The molecule has 7 nitrogen and oxygen atoms in total. The number of likely N-dealkylation sites (tertiary alicyclic amines) is 1. The van der Waals surface area contributed by atoms with Crippen molar-refractivity contribution in [2.45, 2.75) is 116 Å². The first-order chi connectivity index (χ1) is 15.4. The highest BCUT2D eigenvalue weighted by molar-refractivity contribution is 5.87. The van der Waals surface area contributed by atoms with Gasteiger partial charge in [0.2, 0.25) is 0 Å². The lowest BCUT2D eigenvalue weighted by Crippen LogP contribution is -2.45. The standard InChI is InChI=1S/C26H41N3O4/c1-25(2,3)32-23(30)28-17-11-10-14-21(28)19-15-16-22(27-18-19)29(20-12-8-7-9-13-20)24(31)33-26(4,5)6/h15-16,18,20-21H,7-14,17H2,1-6H3/t21-/m1/s1. The second-order valence-corrected chi connectivity index (χ2v) is 11.3. The van der Waals surface area contributed by atoms with Crippen LogP contribution in [-0.2, 0) is 9.47 Å². The summed E-state index contributed by atoms with van der Waals surface area (Å²) in [4.78, 5) is 34.2. The van der Waals surface area contributed by atoms with Gasteiger partial charge in [0.05, 0.1) is 6.04 Å². The highest BCUT2D eigenvalue weighted by Crippen LogP contribution is 2.34. The fourth-order valence-electron chi connectivity index (χ4n) is 4.63. The first-order valence-electron chi connectivity index (χ1n) is 12.4. The van der Waals surface area contributed by atoms with Crippen LogP contribution in [0.1, 0.15) is 105 Å². The zero-order chi connectivity index (χ0) is 24.2. The number of carbonyl (C=O) groups is 2. The minimum absolute atomic E-state index is 0.0696. The Morgan fingerprint density at radius 2 is 1.55 bits per heavy atom. The third-order valence-corrected chi connectivity index (χ3v) is 6.06. The summed E-state index contributed by atoms with van der Waals surface area (Å²) in [5.41, 5.74) is -0.133. The Labute approximate surface area is 198 Å². The Bertz CT molecular complexity index is 804. The van der Waals surface area contributed by atoms with E-state index in [-0.39, 0.29) is 24.3 Å². The second kappa shape index (κ2) is 10.3. The topological polar surface area (TPSA) is 72.0 Å². The van der Waals surface area contributed by atoms with Gasteiger partial charge in [-0.05, 0) is 85.3 Å². The maximum atomic E-state index is 13.1. The van der Waals surface area contributed by atoms with E-state index >= 15 is 0 Å². The molecule has 1 atom stereocenters. The van der Waals surface area contributed by atoms with E-state index in [9.17, 15) is 9.59 Å². The SMILES string of the molecule is CC(C)(C)OC(=O)N(c1ccc([C@H]2CCCCN2C(=O)OC(C)(C)C)cn1)C1CCCCC1. The van der Waals surface area contributed by atoms with E-state index in [1.54, 1.807) is 4.90 Å². The van der Waals surface area contributed by atoms with Crippen molar-refractivity contribution in [2.75, 3.05) is 11.4 Å². The number of aromatic nitrogens is 1. The Morgan fingerprint density at radius 3 is 2.12 bits per heavy atom. The molecule has 2 aliphatic rings. The molecule has 0 aromatic carbocycles. The molecule has 1 aliphatic heterocycles. The van der Waals surface area contributed by atoms with E-state index in [4.69, 9.17) is 14.5 Å². The van der Waals surface area contributed by atoms with Gasteiger partial charge in [0, 0.05) is 18.8 Å². The lowest BCUT2D eigenvalue weighted by Gasteiger charge is -2.37. The number of pyridine rings is 1. The Morgan fingerprint density at radius 1 is 0.909 bits per heavy atom. The van der Waals surface area contributed by atoms with Crippen molar-refractivity contribution in [3.8, 4) is 0 Å². The van der Waals surface area contributed by atoms with Crippen LogP contribution in [0.25, 0.3) is 0 Å². The molecule has 184 valence electrons. The predicted molar refractivity (Wildman–Crippen MR) is 129 cm³/mol. The van der Waals surface area contributed by atoms with Crippen molar-refractivity contribution in [2.24, 2.45) is 0 Å². The molecule has 1 aliphatic carbocycles. The van der Waals surface area contributed by atoms with Crippen molar-refractivity contribution in [3.63, 3.8) is 0 Å². The monoisotopic (exact) mass is 459 g/mol. The zero-order valence-corrected chi connectivity index (χ0v) is 21.2. The maximum Gasteiger partial charge on any atom is 0.416 e. The van der Waals surface area contributed by atoms with Crippen LogP contribution in [0.2, 0.25) is 0 Å².